The van der Waals surface area contributed by atoms with E-state index >= 15 is 0 Å². The molecule has 0 fully saturated rings. The number of hydrogen-bond acceptors (Lipinski definition) is 3. The molecule has 0 bridgehead atoms. The number of benzene rings is 2. The lowest BCUT2D eigenvalue weighted by Crippen LogP contribution is -2.41. The fourth-order valence-electron chi connectivity index (χ4n) is 3.44. The van der Waals surface area contributed by atoms with E-state index in [2.05, 4.69) is 46.0 Å². The van der Waals surface area contributed by atoms with Crippen molar-refractivity contribution in [1.82, 2.24) is 5.32 Å². The van der Waals surface area contributed by atoms with E-state index < -0.39 is 0 Å². The summed E-state index contributed by atoms with van der Waals surface area (Å²) in [5.74, 6) is 1.45. The molecule has 0 aliphatic rings. The van der Waals surface area contributed by atoms with Gasteiger partial charge >= 0.3 is 0 Å². The number of methoxy groups -OCH3 is 1. The van der Waals surface area contributed by atoms with Gasteiger partial charge in [0.1, 0.15) is 6.61 Å². The van der Waals surface area contributed by atoms with Crippen LogP contribution in [0.4, 0.5) is 0 Å². The zero-order chi connectivity index (χ0) is 20.1. The second-order valence-corrected chi connectivity index (χ2v) is 9.25. The van der Waals surface area contributed by atoms with Gasteiger partial charge in [0.15, 0.2) is 11.5 Å². The van der Waals surface area contributed by atoms with Gasteiger partial charge in [0.25, 0.3) is 0 Å². The predicted molar refractivity (Wildman–Crippen MR) is 121 cm³/mol. The Balaban J connectivity index is 0.00000392. The van der Waals surface area contributed by atoms with Crippen molar-refractivity contribution in [2.45, 2.75) is 59.7 Å². The van der Waals surface area contributed by atoms with Gasteiger partial charge in [-0.25, -0.2) is 0 Å². The number of nitrogens with one attached hydrogen (secondary N) is 1. The molecule has 3 nitrogen and oxygen atoms in total. The molecular formula is C23H33Cl2NO2. The largest absolute Gasteiger partial charge is 0.493 e. The molecule has 0 aromatic heterocycles. The molecule has 0 heterocycles. The van der Waals surface area contributed by atoms with Gasteiger partial charge in [-0.1, -0.05) is 56.6 Å². The average molecular weight is 426 g/mol. The first-order valence-electron chi connectivity index (χ1n) is 9.38. The fourth-order valence-corrected chi connectivity index (χ4v) is 3.63. The van der Waals surface area contributed by atoms with Gasteiger partial charge in [0.2, 0.25) is 0 Å². The Labute approximate surface area is 181 Å². The molecule has 0 saturated carbocycles. The average Bonchev–Trinajstić information content (AvgIpc) is 2.57. The van der Waals surface area contributed by atoms with Crippen molar-refractivity contribution in [1.29, 1.82) is 0 Å². The van der Waals surface area contributed by atoms with Crippen molar-refractivity contribution in [3.8, 4) is 11.5 Å². The Bertz CT molecular complexity index is 755. The van der Waals surface area contributed by atoms with Gasteiger partial charge < -0.3 is 14.8 Å². The molecule has 0 aliphatic carbocycles. The van der Waals surface area contributed by atoms with Gasteiger partial charge in [-0.15, -0.1) is 12.4 Å². The lowest BCUT2D eigenvalue weighted by molar-refractivity contribution is 0.240. The Morgan fingerprint density at radius 2 is 1.64 bits per heavy atom. The number of halogens is 2. The highest BCUT2D eigenvalue weighted by Gasteiger charge is 2.24. The summed E-state index contributed by atoms with van der Waals surface area (Å²) in [4.78, 5) is 0. The monoisotopic (exact) mass is 425 g/mol. The summed E-state index contributed by atoms with van der Waals surface area (Å²) in [5.41, 5.74) is 2.46. The smallest absolute Gasteiger partial charge is 0.161 e. The zero-order valence-corrected chi connectivity index (χ0v) is 19.3. The summed E-state index contributed by atoms with van der Waals surface area (Å²) in [6.45, 7) is 12.5. The van der Waals surface area contributed by atoms with Crippen LogP contribution in [0.2, 0.25) is 5.02 Å². The van der Waals surface area contributed by atoms with Crippen LogP contribution in [-0.2, 0) is 13.2 Å². The van der Waals surface area contributed by atoms with Gasteiger partial charge in [0.05, 0.1) is 7.11 Å². The van der Waals surface area contributed by atoms with E-state index in [1.807, 2.05) is 36.4 Å². The van der Waals surface area contributed by atoms with Gasteiger partial charge in [-0.3, -0.25) is 0 Å². The Morgan fingerprint density at radius 3 is 2.25 bits per heavy atom. The van der Waals surface area contributed by atoms with Crippen LogP contribution in [-0.4, -0.2) is 12.6 Å². The topological polar surface area (TPSA) is 30.5 Å². The lowest BCUT2D eigenvalue weighted by atomic mass is 9.82. The quantitative estimate of drug-likeness (QED) is 0.512. The molecule has 5 heteroatoms. The van der Waals surface area contributed by atoms with Crippen LogP contribution in [0.3, 0.4) is 0 Å². The highest BCUT2D eigenvalue weighted by molar-refractivity contribution is 6.31. The summed E-state index contributed by atoms with van der Waals surface area (Å²) in [6.07, 6.45) is 1.09. The maximum atomic E-state index is 6.20. The minimum Gasteiger partial charge on any atom is -0.493 e. The molecule has 0 spiro atoms. The number of hydrogen-bond donors (Lipinski definition) is 1. The fraction of sp³-hybridized carbons (Fsp3) is 0.478. The summed E-state index contributed by atoms with van der Waals surface area (Å²) in [5, 5.41) is 4.36. The molecule has 156 valence electrons. The van der Waals surface area contributed by atoms with E-state index in [1.54, 1.807) is 7.11 Å². The highest BCUT2D eigenvalue weighted by atomic mass is 35.5. The van der Waals surface area contributed by atoms with E-state index in [0.29, 0.717) is 11.6 Å². The molecule has 0 atom stereocenters. The Kier molecular flexibility index (Phi) is 9.13. The van der Waals surface area contributed by atoms with Crippen LogP contribution in [0, 0.1) is 5.41 Å². The maximum absolute atomic E-state index is 6.20. The summed E-state index contributed by atoms with van der Waals surface area (Å²) >= 11 is 6.20. The van der Waals surface area contributed by atoms with Crippen molar-refractivity contribution < 1.29 is 9.47 Å². The lowest BCUT2D eigenvalue weighted by Gasteiger charge is -2.33. The summed E-state index contributed by atoms with van der Waals surface area (Å²) in [6, 6.07) is 13.8. The van der Waals surface area contributed by atoms with Crippen LogP contribution in [0.5, 0.6) is 11.5 Å². The molecule has 2 rings (SSSR count). The predicted octanol–water partition coefficient (Wildman–Crippen LogP) is 6.65. The van der Waals surface area contributed by atoms with E-state index in [-0.39, 0.29) is 23.4 Å². The number of rotatable bonds is 8. The van der Waals surface area contributed by atoms with E-state index in [0.717, 1.165) is 30.0 Å². The van der Waals surface area contributed by atoms with Crippen molar-refractivity contribution in [2.75, 3.05) is 7.11 Å². The molecule has 0 radical (unpaired) electrons. The normalized spacial score (nSPS) is 11.7. The standard InChI is InChI=1S/C23H32ClNO2.ClH/c1-22(2,3)16-23(4,5)25-14-17-11-12-20(21(13-17)26-6)27-15-18-9-7-8-10-19(18)24;/h7-13,25H,14-16H2,1-6H3;1H. The van der Waals surface area contributed by atoms with Crippen LogP contribution >= 0.6 is 24.0 Å². The molecule has 2 aromatic rings. The minimum absolute atomic E-state index is 0. The second-order valence-electron chi connectivity index (χ2n) is 8.84. The van der Waals surface area contributed by atoms with Crippen LogP contribution in [0.1, 0.15) is 52.2 Å². The highest BCUT2D eigenvalue weighted by Crippen LogP contribution is 2.31. The SMILES string of the molecule is COc1cc(CNC(C)(C)CC(C)(C)C)ccc1OCc1ccccc1Cl.Cl. The van der Waals surface area contributed by atoms with Crippen LogP contribution < -0.4 is 14.8 Å². The third-order valence-corrected chi connectivity index (χ3v) is 4.68. The van der Waals surface area contributed by atoms with E-state index in [1.165, 1.54) is 5.56 Å². The number of ether oxygens (including phenoxy) is 2. The van der Waals surface area contributed by atoms with Crippen molar-refractivity contribution in [3.63, 3.8) is 0 Å². The zero-order valence-electron chi connectivity index (χ0n) is 17.8. The minimum atomic E-state index is 0. The summed E-state index contributed by atoms with van der Waals surface area (Å²) < 4.78 is 11.5. The molecule has 0 unspecified atom stereocenters. The van der Waals surface area contributed by atoms with Gasteiger partial charge in [-0.2, -0.15) is 0 Å². The van der Waals surface area contributed by atoms with Crippen LogP contribution in [0.15, 0.2) is 42.5 Å². The first-order chi connectivity index (χ1) is 12.6. The van der Waals surface area contributed by atoms with Gasteiger partial charge in [-0.05, 0) is 49.4 Å². The molecular weight excluding hydrogens is 393 g/mol. The Hall–Kier alpha value is -1.42. The Morgan fingerprint density at radius 1 is 0.964 bits per heavy atom. The second kappa shape index (κ2) is 10.4. The molecule has 28 heavy (non-hydrogen) atoms. The molecule has 0 aliphatic heterocycles. The van der Waals surface area contributed by atoms with E-state index in [9.17, 15) is 0 Å². The molecule has 1 N–H and O–H groups in total. The van der Waals surface area contributed by atoms with Crippen molar-refractivity contribution in [2.24, 2.45) is 5.41 Å². The molecule has 0 amide bonds. The van der Waals surface area contributed by atoms with E-state index in [4.69, 9.17) is 21.1 Å². The summed E-state index contributed by atoms with van der Waals surface area (Å²) in [7, 11) is 1.67. The van der Waals surface area contributed by atoms with Crippen molar-refractivity contribution >= 4 is 24.0 Å². The molecule has 2 aromatic carbocycles. The molecule has 0 saturated heterocycles. The van der Waals surface area contributed by atoms with Crippen molar-refractivity contribution in [3.05, 3.63) is 58.6 Å². The van der Waals surface area contributed by atoms with Crippen LogP contribution in [0.25, 0.3) is 0 Å². The third-order valence-electron chi connectivity index (χ3n) is 4.31. The third kappa shape index (κ3) is 7.90. The van der Waals surface area contributed by atoms with Gasteiger partial charge in [0, 0.05) is 22.7 Å². The first-order valence-corrected chi connectivity index (χ1v) is 9.76. The maximum Gasteiger partial charge on any atom is 0.161 e. The first kappa shape index (κ1) is 24.6.